The maximum absolute atomic E-state index is 10.5. The molecule has 2 atom stereocenters. The Hall–Kier alpha value is -2.57. The Balaban J connectivity index is 1.77. The first-order valence-electron chi connectivity index (χ1n) is 8.20. The standard InChI is InChI=1S/C19H24N2O4/c1-13(19(25)15-4-8-17(22)9-5-15)20-11-10-14-2-6-16(7-3-14)21-12-18(23)24/h2-9,13,19-22,25H,10-12H2,1H3,(H,23,24). The maximum Gasteiger partial charge on any atom is 0.322 e. The van der Waals surface area contributed by atoms with Crippen molar-refractivity contribution in [1.29, 1.82) is 0 Å². The molecule has 0 radical (unpaired) electrons. The number of aliphatic carboxylic acids is 1. The lowest BCUT2D eigenvalue weighted by Crippen LogP contribution is -2.33. The van der Waals surface area contributed by atoms with E-state index in [0.29, 0.717) is 6.54 Å². The fourth-order valence-corrected chi connectivity index (χ4v) is 2.48. The number of aliphatic hydroxyl groups excluding tert-OH is 1. The molecule has 6 heteroatoms. The third-order valence-electron chi connectivity index (χ3n) is 3.99. The molecule has 6 nitrogen and oxygen atoms in total. The third-order valence-corrected chi connectivity index (χ3v) is 3.99. The number of aromatic hydroxyl groups is 1. The molecule has 0 heterocycles. The zero-order valence-corrected chi connectivity index (χ0v) is 14.1. The van der Waals surface area contributed by atoms with Gasteiger partial charge in [-0.25, -0.2) is 0 Å². The summed E-state index contributed by atoms with van der Waals surface area (Å²) >= 11 is 0. The molecule has 0 amide bonds. The second-order valence-electron chi connectivity index (χ2n) is 5.97. The van der Waals surface area contributed by atoms with Crippen LogP contribution in [0.5, 0.6) is 5.75 Å². The zero-order valence-electron chi connectivity index (χ0n) is 14.1. The van der Waals surface area contributed by atoms with Crippen molar-refractivity contribution in [1.82, 2.24) is 5.32 Å². The number of phenols is 1. The number of phenolic OH excluding ortho intramolecular Hbond substituents is 1. The largest absolute Gasteiger partial charge is 0.508 e. The van der Waals surface area contributed by atoms with Gasteiger partial charge >= 0.3 is 5.97 Å². The van der Waals surface area contributed by atoms with E-state index in [4.69, 9.17) is 5.11 Å². The molecule has 0 bridgehead atoms. The van der Waals surface area contributed by atoms with Gasteiger partial charge in [0.1, 0.15) is 12.3 Å². The Morgan fingerprint density at radius 1 is 1.08 bits per heavy atom. The molecular formula is C19H24N2O4. The highest BCUT2D eigenvalue weighted by molar-refractivity contribution is 5.72. The summed E-state index contributed by atoms with van der Waals surface area (Å²) < 4.78 is 0. The molecule has 134 valence electrons. The molecule has 5 N–H and O–H groups in total. The molecule has 0 aliphatic heterocycles. The second-order valence-corrected chi connectivity index (χ2v) is 5.97. The zero-order chi connectivity index (χ0) is 18.2. The van der Waals surface area contributed by atoms with E-state index in [1.807, 2.05) is 31.2 Å². The Morgan fingerprint density at radius 2 is 1.72 bits per heavy atom. The Bertz CT molecular complexity index is 671. The van der Waals surface area contributed by atoms with Crippen LogP contribution in [0.15, 0.2) is 48.5 Å². The van der Waals surface area contributed by atoms with Crippen LogP contribution < -0.4 is 10.6 Å². The molecule has 0 aliphatic rings. The molecule has 0 aromatic heterocycles. The normalized spacial score (nSPS) is 13.2. The SMILES string of the molecule is CC(NCCc1ccc(NCC(=O)O)cc1)C(O)c1ccc(O)cc1. The van der Waals surface area contributed by atoms with Crippen molar-refractivity contribution in [3.05, 3.63) is 59.7 Å². The minimum absolute atomic E-state index is 0.104. The van der Waals surface area contributed by atoms with E-state index < -0.39 is 12.1 Å². The molecule has 0 spiro atoms. The molecule has 0 fully saturated rings. The van der Waals surface area contributed by atoms with Gasteiger partial charge in [0.15, 0.2) is 0 Å². The van der Waals surface area contributed by atoms with Crippen molar-refractivity contribution < 1.29 is 20.1 Å². The number of hydrogen-bond acceptors (Lipinski definition) is 5. The summed E-state index contributed by atoms with van der Waals surface area (Å²) in [7, 11) is 0. The van der Waals surface area contributed by atoms with E-state index >= 15 is 0 Å². The number of carboxylic acid groups (broad SMARTS) is 1. The first kappa shape index (κ1) is 18.8. The molecule has 0 aliphatic carbocycles. The lowest BCUT2D eigenvalue weighted by Gasteiger charge is -2.21. The highest BCUT2D eigenvalue weighted by Gasteiger charge is 2.15. The van der Waals surface area contributed by atoms with Gasteiger partial charge in [-0.3, -0.25) is 4.79 Å². The summed E-state index contributed by atoms with van der Waals surface area (Å²) in [5.41, 5.74) is 2.65. The van der Waals surface area contributed by atoms with Crippen molar-refractivity contribution in [2.75, 3.05) is 18.4 Å². The minimum Gasteiger partial charge on any atom is -0.508 e. The number of aliphatic hydroxyl groups is 1. The quantitative estimate of drug-likeness (QED) is 0.478. The van der Waals surface area contributed by atoms with Crippen LogP contribution in [0, 0.1) is 0 Å². The van der Waals surface area contributed by atoms with Crippen molar-refractivity contribution in [3.63, 3.8) is 0 Å². The number of carboxylic acids is 1. The van der Waals surface area contributed by atoms with E-state index in [1.54, 1.807) is 24.3 Å². The number of carbonyl (C=O) groups is 1. The first-order valence-corrected chi connectivity index (χ1v) is 8.20. The lowest BCUT2D eigenvalue weighted by molar-refractivity contribution is -0.134. The average Bonchev–Trinajstić information content (AvgIpc) is 2.61. The summed E-state index contributed by atoms with van der Waals surface area (Å²) in [6, 6.07) is 14.0. The molecular weight excluding hydrogens is 320 g/mol. The van der Waals surface area contributed by atoms with Crippen LogP contribution in [0.4, 0.5) is 5.69 Å². The predicted molar refractivity (Wildman–Crippen MR) is 96.8 cm³/mol. The number of nitrogens with one attached hydrogen (secondary N) is 2. The van der Waals surface area contributed by atoms with Crippen molar-refractivity contribution in [2.45, 2.75) is 25.5 Å². The Kier molecular flexibility index (Phi) is 6.80. The molecule has 2 unspecified atom stereocenters. The van der Waals surface area contributed by atoms with Crippen molar-refractivity contribution in [3.8, 4) is 5.75 Å². The van der Waals surface area contributed by atoms with Gasteiger partial charge in [-0.05, 0) is 55.3 Å². The van der Waals surface area contributed by atoms with Crippen molar-refractivity contribution >= 4 is 11.7 Å². The van der Waals surface area contributed by atoms with Gasteiger partial charge in [0.2, 0.25) is 0 Å². The molecule has 2 aromatic carbocycles. The maximum atomic E-state index is 10.5. The van der Waals surface area contributed by atoms with E-state index in [2.05, 4.69) is 10.6 Å². The molecule has 0 saturated heterocycles. The van der Waals surface area contributed by atoms with Gasteiger partial charge < -0.3 is 26.0 Å². The first-order chi connectivity index (χ1) is 12.0. The van der Waals surface area contributed by atoms with E-state index in [-0.39, 0.29) is 18.3 Å². The molecule has 2 aromatic rings. The summed E-state index contributed by atoms with van der Waals surface area (Å²) in [5, 5.41) is 34.4. The topological polar surface area (TPSA) is 102 Å². The average molecular weight is 344 g/mol. The van der Waals surface area contributed by atoms with Crippen LogP contribution in [0.1, 0.15) is 24.2 Å². The third kappa shape index (κ3) is 6.10. The van der Waals surface area contributed by atoms with Gasteiger partial charge in [0.25, 0.3) is 0 Å². The van der Waals surface area contributed by atoms with Gasteiger partial charge in [-0.15, -0.1) is 0 Å². The predicted octanol–water partition coefficient (Wildman–Crippen LogP) is 2.14. The molecule has 25 heavy (non-hydrogen) atoms. The number of rotatable bonds is 9. The lowest BCUT2D eigenvalue weighted by atomic mass is 10.0. The number of benzene rings is 2. The van der Waals surface area contributed by atoms with E-state index in [9.17, 15) is 15.0 Å². The Labute approximate surface area is 147 Å². The van der Waals surface area contributed by atoms with Gasteiger partial charge in [-0.2, -0.15) is 0 Å². The van der Waals surface area contributed by atoms with Gasteiger partial charge in [-0.1, -0.05) is 24.3 Å². The Morgan fingerprint density at radius 3 is 2.32 bits per heavy atom. The fourth-order valence-electron chi connectivity index (χ4n) is 2.48. The molecule has 2 rings (SSSR count). The van der Waals surface area contributed by atoms with Crippen LogP contribution in [-0.2, 0) is 11.2 Å². The van der Waals surface area contributed by atoms with E-state index in [0.717, 1.165) is 23.2 Å². The number of hydrogen-bond donors (Lipinski definition) is 5. The van der Waals surface area contributed by atoms with Crippen LogP contribution >= 0.6 is 0 Å². The van der Waals surface area contributed by atoms with Gasteiger partial charge in [0.05, 0.1) is 6.10 Å². The van der Waals surface area contributed by atoms with Gasteiger partial charge in [0, 0.05) is 11.7 Å². The second kappa shape index (κ2) is 9.05. The monoisotopic (exact) mass is 344 g/mol. The highest BCUT2D eigenvalue weighted by Crippen LogP contribution is 2.19. The summed E-state index contributed by atoms with van der Waals surface area (Å²) in [4.78, 5) is 10.5. The smallest absolute Gasteiger partial charge is 0.322 e. The van der Waals surface area contributed by atoms with Crippen LogP contribution in [-0.4, -0.2) is 40.4 Å². The number of anilines is 1. The van der Waals surface area contributed by atoms with Crippen molar-refractivity contribution in [2.24, 2.45) is 0 Å². The van der Waals surface area contributed by atoms with Crippen LogP contribution in [0.25, 0.3) is 0 Å². The van der Waals surface area contributed by atoms with Crippen LogP contribution in [0.2, 0.25) is 0 Å². The highest BCUT2D eigenvalue weighted by atomic mass is 16.4. The van der Waals surface area contributed by atoms with E-state index in [1.165, 1.54) is 0 Å². The fraction of sp³-hybridized carbons (Fsp3) is 0.316. The minimum atomic E-state index is -0.894. The molecule has 0 saturated carbocycles. The summed E-state index contributed by atoms with van der Waals surface area (Å²) in [6.45, 7) is 2.52. The summed E-state index contributed by atoms with van der Waals surface area (Å²) in [5.74, 6) is -0.715. The summed E-state index contributed by atoms with van der Waals surface area (Å²) in [6.07, 6.45) is 0.148. The van der Waals surface area contributed by atoms with Crippen LogP contribution in [0.3, 0.4) is 0 Å².